The zero-order valence-electron chi connectivity index (χ0n) is 7.04. The van der Waals surface area contributed by atoms with Gasteiger partial charge in [-0.2, -0.15) is 17.9 Å². The number of nitrogens with zero attached hydrogens (tertiary/aromatic N) is 2. The summed E-state index contributed by atoms with van der Waals surface area (Å²) in [6.45, 7) is -0.667. The topological polar surface area (TPSA) is 74.0 Å². The Bertz CT molecular complexity index is 354. The molecule has 2 N–H and O–H groups in total. The molecule has 0 unspecified atom stereocenters. The first kappa shape index (κ1) is 10.8. The van der Waals surface area contributed by atoms with Crippen LogP contribution in [0, 0.1) is 0 Å². The highest BCUT2D eigenvalue weighted by Gasteiger charge is 2.27. The SMILES string of the molecule is NCc1nn(CCC(F)(F)F)c(=O)o1. The lowest BCUT2D eigenvalue weighted by Crippen LogP contribution is -2.20. The minimum atomic E-state index is -4.32. The second-order valence-corrected chi connectivity index (χ2v) is 2.55. The van der Waals surface area contributed by atoms with Crippen molar-refractivity contribution in [2.75, 3.05) is 0 Å². The molecule has 14 heavy (non-hydrogen) atoms. The number of rotatable bonds is 3. The molecule has 1 aromatic heterocycles. The zero-order valence-corrected chi connectivity index (χ0v) is 7.04. The first-order chi connectivity index (χ1) is 6.42. The Morgan fingerprint density at radius 3 is 2.57 bits per heavy atom. The lowest BCUT2D eigenvalue weighted by Gasteiger charge is -2.03. The smallest absolute Gasteiger partial charge is 0.391 e. The van der Waals surface area contributed by atoms with E-state index in [1.54, 1.807) is 0 Å². The fourth-order valence-electron chi connectivity index (χ4n) is 0.806. The molecule has 0 aliphatic carbocycles. The second kappa shape index (κ2) is 3.82. The van der Waals surface area contributed by atoms with Crippen LogP contribution in [-0.2, 0) is 13.1 Å². The third-order valence-corrected chi connectivity index (χ3v) is 1.43. The highest BCUT2D eigenvalue weighted by Crippen LogP contribution is 2.19. The van der Waals surface area contributed by atoms with Gasteiger partial charge in [0.25, 0.3) is 0 Å². The molecule has 0 radical (unpaired) electrons. The van der Waals surface area contributed by atoms with Gasteiger partial charge in [0.15, 0.2) is 0 Å². The van der Waals surface area contributed by atoms with Crippen LogP contribution >= 0.6 is 0 Å². The molecular formula is C6H8F3N3O2. The van der Waals surface area contributed by atoms with Crippen molar-refractivity contribution in [1.29, 1.82) is 0 Å². The summed E-state index contributed by atoms with van der Waals surface area (Å²) in [7, 11) is 0. The number of hydrogen-bond acceptors (Lipinski definition) is 4. The number of hydrogen-bond donors (Lipinski definition) is 1. The van der Waals surface area contributed by atoms with Crippen molar-refractivity contribution in [2.24, 2.45) is 5.73 Å². The number of alkyl halides is 3. The van der Waals surface area contributed by atoms with Crippen molar-refractivity contribution in [2.45, 2.75) is 25.7 Å². The molecule has 0 saturated carbocycles. The maximum Gasteiger partial charge on any atom is 0.437 e. The van der Waals surface area contributed by atoms with Gasteiger partial charge >= 0.3 is 11.9 Å². The summed E-state index contributed by atoms with van der Waals surface area (Å²) in [5.74, 6) is -0.994. The number of nitrogens with two attached hydrogens (primary N) is 1. The molecule has 0 aromatic carbocycles. The molecule has 1 rings (SSSR count). The molecule has 0 fully saturated rings. The van der Waals surface area contributed by atoms with Crippen LogP contribution in [0.15, 0.2) is 9.21 Å². The maximum atomic E-state index is 11.8. The van der Waals surface area contributed by atoms with E-state index in [1.165, 1.54) is 0 Å². The normalized spacial score (nSPS) is 12.0. The lowest BCUT2D eigenvalue weighted by molar-refractivity contribution is -0.137. The van der Waals surface area contributed by atoms with Crippen LogP contribution < -0.4 is 11.5 Å². The van der Waals surface area contributed by atoms with Gasteiger partial charge in [0.2, 0.25) is 5.89 Å². The van der Waals surface area contributed by atoms with Crippen LogP contribution in [0.4, 0.5) is 13.2 Å². The fourth-order valence-corrected chi connectivity index (χ4v) is 0.806. The first-order valence-corrected chi connectivity index (χ1v) is 3.76. The van der Waals surface area contributed by atoms with E-state index in [0.29, 0.717) is 4.68 Å². The molecule has 0 aliphatic heterocycles. The van der Waals surface area contributed by atoms with E-state index in [4.69, 9.17) is 5.73 Å². The van der Waals surface area contributed by atoms with Gasteiger partial charge in [-0.15, -0.1) is 5.10 Å². The monoisotopic (exact) mass is 211 g/mol. The Hall–Kier alpha value is -1.31. The second-order valence-electron chi connectivity index (χ2n) is 2.55. The molecule has 0 saturated heterocycles. The average molecular weight is 211 g/mol. The lowest BCUT2D eigenvalue weighted by atomic mass is 10.4. The van der Waals surface area contributed by atoms with Gasteiger partial charge in [-0.25, -0.2) is 4.79 Å². The van der Waals surface area contributed by atoms with E-state index >= 15 is 0 Å². The van der Waals surface area contributed by atoms with Gasteiger partial charge in [-0.1, -0.05) is 0 Å². The van der Waals surface area contributed by atoms with Gasteiger partial charge in [-0.05, 0) is 0 Å². The maximum absolute atomic E-state index is 11.8. The molecule has 1 heterocycles. The summed E-state index contributed by atoms with van der Waals surface area (Å²) in [6, 6.07) is 0. The Morgan fingerprint density at radius 2 is 2.14 bits per heavy atom. The van der Waals surface area contributed by atoms with Crippen LogP contribution in [0.25, 0.3) is 0 Å². The Morgan fingerprint density at radius 1 is 1.50 bits per heavy atom. The minimum absolute atomic E-state index is 0.0721. The molecule has 80 valence electrons. The highest BCUT2D eigenvalue weighted by molar-refractivity contribution is 4.72. The minimum Gasteiger partial charge on any atom is -0.391 e. The zero-order chi connectivity index (χ0) is 10.8. The summed E-state index contributed by atoms with van der Waals surface area (Å²) < 4.78 is 40.3. The first-order valence-electron chi connectivity index (χ1n) is 3.76. The molecule has 8 heteroatoms. The molecule has 0 amide bonds. The van der Waals surface area contributed by atoms with Crippen molar-refractivity contribution in [3.8, 4) is 0 Å². The van der Waals surface area contributed by atoms with Crippen LogP contribution in [0.5, 0.6) is 0 Å². The van der Waals surface area contributed by atoms with E-state index < -0.39 is 24.9 Å². The molecular weight excluding hydrogens is 203 g/mol. The summed E-state index contributed by atoms with van der Waals surface area (Å²) >= 11 is 0. The summed E-state index contributed by atoms with van der Waals surface area (Å²) in [6.07, 6.45) is -5.44. The largest absolute Gasteiger partial charge is 0.437 e. The quantitative estimate of drug-likeness (QED) is 0.777. The van der Waals surface area contributed by atoms with Crippen LogP contribution in [-0.4, -0.2) is 16.0 Å². The summed E-state index contributed by atoms with van der Waals surface area (Å²) in [5, 5.41) is 3.44. The van der Waals surface area contributed by atoms with Gasteiger partial charge in [0.05, 0.1) is 19.5 Å². The van der Waals surface area contributed by atoms with Gasteiger partial charge in [0.1, 0.15) is 0 Å². The third kappa shape index (κ3) is 2.87. The Labute approximate surface area is 76.3 Å². The molecule has 0 aliphatic rings. The Balaban J connectivity index is 2.68. The van der Waals surface area contributed by atoms with E-state index in [-0.39, 0.29) is 12.4 Å². The number of halogens is 3. The standard InChI is InChI=1S/C6H8F3N3O2/c7-6(8,9)1-2-12-5(13)14-4(3-10)11-12/h1-3,10H2. The molecule has 1 aromatic rings. The van der Waals surface area contributed by atoms with Crippen molar-refractivity contribution >= 4 is 0 Å². The highest BCUT2D eigenvalue weighted by atomic mass is 19.4. The summed E-state index contributed by atoms with van der Waals surface area (Å²) in [4.78, 5) is 10.8. The molecule has 0 bridgehead atoms. The van der Waals surface area contributed by atoms with Crippen LogP contribution in [0.1, 0.15) is 12.3 Å². The van der Waals surface area contributed by atoms with E-state index in [9.17, 15) is 18.0 Å². The van der Waals surface area contributed by atoms with Crippen molar-refractivity contribution < 1.29 is 17.6 Å². The van der Waals surface area contributed by atoms with Gasteiger partial charge in [-0.3, -0.25) is 0 Å². The van der Waals surface area contributed by atoms with Gasteiger partial charge in [0, 0.05) is 0 Å². The summed E-state index contributed by atoms with van der Waals surface area (Å²) in [5.41, 5.74) is 5.08. The molecule has 0 atom stereocenters. The van der Waals surface area contributed by atoms with E-state index in [0.717, 1.165) is 0 Å². The van der Waals surface area contributed by atoms with Crippen molar-refractivity contribution in [3.05, 3.63) is 16.4 Å². The van der Waals surface area contributed by atoms with Crippen molar-refractivity contribution in [3.63, 3.8) is 0 Å². The van der Waals surface area contributed by atoms with Crippen molar-refractivity contribution in [1.82, 2.24) is 9.78 Å². The van der Waals surface area contributed by atoms with E-state index in [2.05, 4.69) is 9.52 Å². The fraction of sp³-hybridized carbons (Fsp3) is 0.667. The van der Waals surface area contributed by atoms with Gasteiger partial charge < -0.3 is 10.2 Å². The number of aryl methyl sites for hydroxylation is 1. The predicted molar refractivity (Wildman–Crippen MR) is 39.3 cm³/mol. The van der Waals surface area contributed by atoms with Crippen LogP contribution in [0.2, 0.25) is 0 Å². The van der Waals surface area contributed by atoms with Crippen LogP contribution in [0.3, 0.4) is 0 Å². The molecule has 0 spiro atoms. The predicted octanol–water partition coefficient (Wildman–Crippen LogP) is 0.247. The average Bonchev–Trinajstić information content (AvgIpc) is 2.42. The molecule has 5 nitrogen and oxygen atoms in total. The third-order valence-electron chi connectivity index (χ3n) is 1.43. The van der Waals surface area contributed by atoms with E-state index in [1.807, 2.05) is 0 Å². The number of aromatic nitrogens is 2. The Kier molecular flexibility index (Phi) is 2.94.